The summed E-state index contributed by atoms with van der Waals surface area (Å²) in [4.78, 5) is 27.5. The fourth-order valence-corrected chi connectivity index (χ4v) is 4.39. The van der Waals surface area contributed by atoms with Crippen LogP contribution in [0.3, 0.4) is 0 Å². The summed E-state index contributed by atoms with van der Waals surface area (Å²) >= 11 is 0. The van der Waals surface area contributed by atoms with Gasteiger partial charge in [-0.15, -0.1) is 0 Å². The van der Waals surface area contributed by atoms with Crippen molar-refractivity contribution >= 4 is 23.1 Å². The first-order valence-electron chi connectivity index (χ1n) is 11.4. The van der Waals surface area contributed by atoms with Gasteiger partial charge in [0.25, 0.3) is 11.7 Å². The van der Waals surface area contributed by atoms with Crippen molar-refractivity contribution in [2.75, 3.05) is 25.7 Å². The second-order valence-electron chi connectivity index (χ2n) is 8.29. The third-order valence-electron chi connectivity index (χ3n) is 6.09. The highest BCUT2D eigenvalue weighted by atomic mass is 19.1. The number of Topliss-reactive ketones (excluding diaryl/α,β-unsaturated/α-hetero) is 1. The number of aliphatic hydroxyl groups excluding tert-OH is 1. The summed E-state index contributed by atoms with van der Waals surface area (Å²) in [5, 5.41) is 11.3. The second kappa shape index (κ2) is 10.3. The molecule has 9 heteroatoms. The fourth-order valence-electron chi connectivity index (χ4n) is 4.39. The van der Waals surface area contributed by atoms with Crippen LogP contribution in [-0.2, 0) is 9.59 Å². The van der Waals surface area contributed by atoms with E-state index in [1.807, 2.05) is 0 Å². The molecule has 192 valence electrons. The van der Waals surface area contributed by atoms with Gasteiger partial charge in [0.15, 0.2) is 11.5 Å². The van der Waals surface area contributed by atoms with Gasteiger partial charge in [-0.25, -0.2) is 8.78 Å². The van der Waals surface area contributed by atoms with Crippen molar-refractivity contribution in [2.45, 2.75) is 19.9 Å². The molecular weight excluding hydrogens is 484 g/mol. The monoisotopic (exact) mass is 509 g/mol. The lowest BCUT2D eigenvalue weighted by Crippen LogP contribution is -2.30. The molecule has 1 saturated heterocycles. The maximum atomic E-state index is 14.9. The highest BCUT2D eigenvalue weighted by Crippen LogP contribution is 2.45. The summed E-state index contributed by atoms with van der Waals surface area (Å²) in [7, 11) is 2.97. The van der Waals surface area contributed by atoms with Crippen molar-refractivity contribution in [2.24, 2.45) is 0 Å². The van der Waals surface area contributed by atoms with E-state index in [4.69, 9.17) is 14.2 Å². The summed E-state index contributed by atoms with van der Waals surface area (Å²) in [6.07, 6.45) is 0. The number of ether oxygens (including phenoxy) is 3. The normalized spacial score (nSPS) is 16.7. The molecule has 0 spiro atoms. The minimum atomic E-state index is -1.24. The van der Waals surface area contributed by atoms with Gasteiger partial charge < -0.3 is 19.3 Å². The van der Waals surface area contributed by atoms with Crippen LogP contribution in [0.25, 0.3) is 5.76 Å². The molecule has 7 nitrogen and oxygen atoms in total. The molecule has 1 fully saturated rings. The molecule has 4 rings (SSSR count). The lowest BCUT2D eigenvalue weighted by molar-refractivity contribution is -0.132. The number of hydrogen-bond donors (Lipinski definition) is 1. The number of hydrogen-bond acceptors (Lipinski definition) is 6. The Labute approximate surface area is 212 Å². The molecule has 1 amide bonds. The van der Waals surface area contributed by atoms with Gasteiger partial charge in [0, 0.05) is 11.6 Å². The van der Waals surface area contributed by atoms with E-state index in [-0.39, 0.29) is 16.8 Å². The van der Waals surface area contributed by atoms with Gasteiger partial charge in [0.05, 0.1) is 38.1 Å². The van der Waals surface area contributed by atoms with E-state index in [9.17, 15) is 23.5 Å². The predicted molar refractivity (Wildman–Crippen MR) is 133 cm³/mol. The molecule has 1 aliphatic heterocycles. The zero-order chi connectivity index (χ0) is 26.9. The summed E-state index contributed by atoms with van der Waals surface area (Å²) in [6.45, 7) is 3.84. The molecule has 1 unspecified atom stereocenters. The third kappa shape index (κ3) is 4.60. The first-order chi connectivity index (χ1) is 17.7. The standard InChI is InChI=1S/C28H25F2NO6/c1-5-37-23-13-16(6-11-22(23)36-4)25-24(26(32)17-7-10-21(35-3)15(2)12-17)27(33)28(34)31(25)20-9-8-18(29)14-19(20)30/h6-14,25,32H,5H2,1-4H3/b26-24+. The van der Waals surface area contributed by atoms with Crippen molar-refractivity contribution in [3.63, 3.8) is 0 Å². The molecule has 37 heavy (non-hydrogen) atoms. The Morgan fingerprint density at radius 3 is 2.27 bits per heavy atom. The molecule has 0 bridgehead atoms. The average molecular weight is 510 g/mol. The summed E-state index contributed by atoms with van der Waals surface area (Å²) in [6, 6.07) is 10.9. The highest BCUT2D eigenvalue weighted by molar-refractivity contribution is 6.51. The zero-order valence-electron chi connectivity index (χ0n) is 20.7. The van der Waals surface area contributed by atoms with Crippen LogP contribution in [0.5, 0.6) is 17.2 Å². The summed E-state index contributed by atoms with van der Waals surface area (Å²) < 4.78 is 44.8. The minimum absolute atomic E-state index is 0.258. The Morgan fingerprint density at radius 2 is 1.65 bits per heavy atom. The number of anilines is 1. The lowest BCUT2D eigenvalue weighted by Gasteiger charge is -2.26. The molecule has 0 saturated carbocycles. The first-order valence-corrected chi connectivity index (χ1v) is 11.4. The number of aliphatic hydroxyl groups is 1. The number of ketones is 1. The fraction of sp³-hybridized carbons (Fsp3) is 0.214. The van der Waals surface area contributed by atoms with E-state index in [0.29, 0.717) is 41.0 Å². The molecule has 0 radical (unpaired) electrons. The SMILES string of the molecule is CCOc1cc(C2/C(=C(\O)c3ccc(OC)c(C)c3)C(=O)C(=O)N2c2ccc(F)cc2F)ccc1OC. The summed E-state index contributed by atoms with van der Waals surface area (Å²) in [5.41, 5.74) is 0.724. The van der Waals surface area contributed by atoms with Crippen molar-refractivity contribution in [1.29, 1.82) is 0 Å². The van der Waals surface area contributed by atoms with Crippen LogP contribution in [0.15, 0.2) is 60.2 Å². The van der Waals surface area contributed by atoms with E-state index in [1.165, 1.54) is 14.2 Å². The van der Waals surface area contributed by atoms with Crippen molar-refractivity contribution in [3.05, 3.63) is 88.5 Å². The molecule has 1 aliphatic rings. The molecule has 0 aliphatic carbocycles. The van der Waals surface area contributed by atoms with Gasteiger partial charge in [-0.2, -0.15) is 0 Å². The molecule has 3 aromatic rings. The van der Waals surface area contributed by atoms with Crippen molar-refractivity contribution in [1.82, 2.24) is 0 Å². The van der Waals surface area contributed by atoms with Gasteiger partial charge in [-0.1, -0.05) is 6.07 Å². The Kier molecular flexibility index (Phi) is 7.15. The average Bonchev–Trinajstić information content (AvgIpc) is 3.14. The van der Waals surface area contributed by atoms with E-state index in [0.717, 1.165) is 17.0 Å². The Morgan fingerprint density at radius 1 is 0.946 bits per heavy atom. The lowest BCUT2D eigenvalue weighted by atomic mass is 9.94. The van der Waals surface area contributed by atoms with Crippen LogP contribution >= 0.6 is 0 Å². The highest BCUT2D eigenvalue weighted by Gasteiger charge is 2.48. The zero-order valence-corrected chi connectivity index (χ0v) is 20.7. The van der Waals surface area contributed by atoms with Crippen LogP contribution < -0.4 is 19.1 Å². The van der Waals surface area contributed by atoms with Crippen LogP contribution in [0.4, 0.5) is 14.5 Å². The quantitative estimate of drug-likeness (QED) is 0.264. The van der Waals surface area contributed by atoms with Gasteiger partial charge >= 0.3 is 0 Å². The maximum absolute atomic E-state index is 14.9. The van der Waals surface area contributed by atoms with E-state index < -0.39 is 35.1 Å². The number of amides is 1. The summed E-state index contributed by atoms with van der Waals surface area (Å²) in [5.74, 6) is -3.12. The molecule has 1 N–H and O–H groups in total. The topological polar surface area (TPSA) is 85.3 Å². The molecule has 1 atom stereocenters. The number of methoxy groups -OCH3 is 2. The predicted octanol–water partition coefficient (Wildman–Crippen LogP) is 5.32. The number of nitrogens with zero attached hydrogens (tertiary/aromatic N) is 1. The largest absolute Gasteiger partial charge is 0.507 e. The van der Waals surface area contributed by atoms with Gasteiger partial charge in [0.2, 0.25) is 0 Å². The number of halogens is 2. The van der Waals surface area contributed by atoms with E-state index in [2.05, 4.69) is 0 Å². The maximum Gasteiger partial charge on any atom is 0.300 e. The van der Waals surface area contributed by atoms with Gasteiger partial charge in [-0.05, 0) is 67.4 Å². The molecular formula is C28H25F2NO6. The van der Waals surface area contributed by atoms with Gasteiger partial charge in [0.1, 0.15) is 23.1 Å². The number of benzene rings is 3. The van der Waals surface area contributed by atoms with Crippen LogP contribution in [-0.4, -0.2) is 37.6 Å². The second-order valence-corrected chi connectivity index (χ2v) is 8.29. The minimum Gasteiger partial charge on any atom is -0.507 e. The van der Waals surface area contributed by atoms with Crippen molar-refractivity contribution < 1.29 is 37.7 Å². The van der Waals surface area contributed by atoms with Crippen LogP contribution in [0.2, 0.25) is 0 Å². The van der Waals surface area contributed by atoms with Crippen LogP contribution in [0, 0.1) is 18.6 Å². The van der Waals surface area contributed by atoms with Crippen LogP contribution in [0.1, 0.15) is 29.7 Å². The molecule has 3 aromatic carbocycles. The van der Waals surface area contributed by atoms with E-state index in [1.54, 1.807) is 50.2 Å². The van der Waals surface area contributed by atoms with E-state index >= 15 is 0 Å². The van der Waals surface area contributed by atoms with Crippen molar-refractivity contribution in [3.8, 4) is 17.2 Å². The Hall–Kier alpha value is -4.40. The third-order valence-corrected chi connectivity index (χ3v) is 6.09. The number of carbonyl (C=O) groups excluding carboxylic acids is 2. The number of aryl methyl sites for hydroxylation is 1. The van der Waals surface area contributed by atoms with Gasteiger partial charge in [-0.3, -0.25) is 14.5 Å². The smallest absolute Gasteiger partial charge is 0.300 e. The molecule has 0 aromatic heterocycles. The Bertz CT molecular complexity index is 1420. The number of carbonyl (C=O) groups is 2. The Balaban J connectivity index is 1.98. The first kappa shape index (κ1) is 25.7. The number of rotatable bonds is 7. The molecule has 1 heterocycles.